The largest absolute Gasteiger partial charge is 0.291 e. The van der Waals surface area contributed by atoms with Crippen LogP contribution in [0.4, 0.5) is 0 Å². The van der Waals surface area contributed by atoms with Crippen LogP contribution in [-0.2, 0) is 0 Å². The van der Waals surface area contributed by atoms with Crippen LogP contribution in [0.15, 0.2) is 30.5 Å². The first-order valence-corrected chi connectivity index (χ1v) is 4.95. The summed E-state index contributed by atoms with van der Waals surface area (Å²) in [5.41, 5.74) is 2.75. The molecule has 0 aliphatic rings. The normalized spacial score (nSPS) is 10.1. The van der Waals surface area contributed by atoms with Gasteiger partial charge >= 0.3 is 0 Å². The predicted octanol–water partition coefficient (Wildman–Crippen LogP) is 2.05. The quantitative estimate of drug-likeness (QED) is 0.716. The molecule has 1 aromatic carbocycles. The second kappa shape index (κ2) is 4.18. The maximum atomic E-state index is 11.1. The van der Waals surface area contributed by atoms with E-state index in [4.69, 9.17) is 0 Å². The molecule has 4 nitrogen and oxygen atoms in total. The van der Waals surface area contributed by atoms with E-state index in [9.17, 15) is 4.79 Å². The molecule has 0 unspecified atom stereocenters. The molecule has 16 heavy (non-hydrogen) atoms. The van der Waals surface area contributed by atoms with Gasteiger partial charge in [0.05, 0.1) is 11.9 Å². The molecule has 0 amide bonds. The molecule has 2 aromatic rings. The van der Waals surface area contributed by atoms with E-state index < -0.39 is 0 Å². The number of rotatable bonds is 2. The summed E-state index contributed by atoms with van der Waals surface area (Å²) >= 11 is 0. The molecular formula is C12H11N3O. The van der Waals surface area contributed by atoms with Gasteiger partial charge in [-0.1, -0.05) is 24.3 Å². The lowest BCUT2D eigenvalue weighted by Gasteiger charge is -2.04. The molecule has 4 heteroatoms. The molecule has 0 aliphatic heterocycles. The number of Topliss-reactive ketones (excluding diaryl/α,β-unsaturated/α-hetero) is 1. The first-order valence-electron chi connectivity index (χ1n) is 4.95. The minimum absolute atomic E-state index is 0.153. The maximum absolute atomic E-state index is 11.1. The fourth-order valence-corrected chi connectivity index (χ4v) is 1.44. The van der Waals surface area contributed by atoms with E-state index in [0.29, 0.717) is 5.69 Å². The van der Waals surface area contributed by atoms with Gasteiger partial charge in [-0.05, 0) is 12.5 Å². The van der Waals surface area contributed by atoms with Crippen molar-refractivity contribution in [1.82, 2.24) is 15.2 Å². The molecule has 0 fully saturated rings. The molecule has 80 valence electrons. The van der Waals surface area contributed by atoms with Crippen LogP contribution >= 0.6 is 0 Å². The molecule has 1 aromatic heterocycles. The lowest BCUT2D eigenvalue weighted by atomic mass is 10.1. The van der Waals surface area contributed by atoms with E-state index in [1.807, 2.05) is 31.2 Å². The fourth-order valence-electron chi connectivity index (χ4n) is 1.44. The SMILES string of the molecule is CC(=O)c1nncc(-c2ccccc2C)n1. The molecule has 0 aliphatic carbocycles. The van der Waals surface area contributed by atoms with Crippen molar-refractivity contribution in [2.24, 2.45) is 0 Å². The minimum atomic E-state index is -0.178. The Morgan fingerprint density at radius 2 is 2.00 bits per heavy atom. The number of carbonyl (C=O) groups excluding carboxylic acids is 1. The van der Waals surface area contributed by atoms with Crippen LogP contribution in [0.2, 0.25) is 0 Å². The summed E-state index contributed by atoms with van der Waals surface area (Å²) in [6, 6.07) is 7.82. The summed E-state index contributed by atoms with van der Waals surface area (Å²) in [5, 5.41) is 7.47. The molecule has 0 atom stereocenters. The van der Waals surface area contributed by atoms with Gasteiger partial charge in [0.2, 0.25) is 5.82 Å². The van der Waals surface area contributed by atoms with E-state index in [0.717, 1.165) is 11.1 Å². The van der Waals surface area contributed by atoms with E-state index in [1.165, 1.54) is 6.92 Å². The van der Waals surface area contributed by atoms with Crippen LogP contribution in [0.25, 0.3) is 11.3 Å². The van der Waals surface area contributed by atoms with Gasteiger partial charge in [-0.25, -0.2) is 4.98 Å². The number of ketones is 1. The summed E-state index contributed by atoms with van der Waals surface area (Å²) < 4.78 is 0. The summed E-state index contributed by atoms with van der Waals surface area (Å²) in [6.07, 6.45) is 1.56. The predicted molar refractivity (Wildman–Crippen MR) is 60.0 cm³/mol. The number of benzene rings is 1. The highest BCUT2D eigenvalue weighted by Crippen LogP contribution is 2.19. The number of carbonyl (C=O) groups is 1. The molecule has 0 radical (unpaired) electrons. The van der Waals surface area contributed by atoms with Gasteiger partial charge in [0.15, 0.2) is 5.78 Å². The van der Waals surface area contributed by atoms with Crippen LogP contribution < -0.4 is 0 Å². The molecule has 0 N–H and O–H groups in total. The summed E-state index contributed by atoms with van der Waals surface area (Å²) in [4.78, 5) is 15.3. The zero-order valence-corrected chi connectivity index (χ0v) is 9.14. The molecule has 2 rings (SSSR count). The maximum Gasteiger partial charge on any atom is 0.218 e. The first kappa shape index (κ1) is 10.4. The summed E-state index contributed by atoms with van der Waals surface area (Å²) in [7, 11) is 0. The molecule has 0 saturated carbocycles. The summed E-state index contributed by atoms with van der Waals surface area (Å²) in [6.45, 7) is 3.42. The summed E-state index contributed by atoms with van der Waals surface area (Å²) in [5.74, 6) is -0.0244. The van der Waals surface area contributed by atoms with Crippen LogP contribution in [0.1, 0.15) is 23.1 Å². The fraction of sp³-hybridized carbons (Fsp3) is 0.167. The minimum Gasteiger partial charge on any atom is -0.291 e. The van der Waals surface area contributed by atoms with Gasteiger partial charge < -0.3 is 0 Å². The van der Waals surface area contributed by atoms with Crippen molar-refractivity contribution in [3.8, 4) is 11.3 Å². The molecule has 0 saturated heterocycles. The van der Waals surface area contributed by atoms with Crippen molar-refractivity contribution in [3.05, 3.63) is 41.9 Å². The van der Waals surface area contributed by atoms with Gasteiger partial charge in [0, 0.05) is 12.5 Å². The van der Waals surface area contributed by atoms with E-state index >= 15 is 0 Å². The van der Waals surface area contributed by atoms with Crippen LogP contribution in [0.3, 0.4) is 0 Å². The van der Waals surface area contributed by atoms with Crippen LogP contribution in [-0.4, -0.2) is 21.0 Å². The second-order valence-electron chi connectivity index (χ2n) is 3.54. The van der Waals surface area contributed by atoms with Gasteiger partial charge in [-0.15, -0.1) is 5.10 Å². The Hall–Kier alpha value is -2.10. The van der Waals surface area contributed by atoms with E-state index in [2.05, 4.69) is 15.2 Å². The Morgan fingerprint density at radius 1 is 1.25 bits per heavy atom. The van der Waals surface area contributed by atoms with Crippen molar-refractivity contribution >= 4 is 5.78 Å². The highest BCUT2D eigenvalue weighted by molar-refractivity contribution is 5.90. The van der Waals surface area contributed by atoms with Crippen LogP contribution in [0.5, 0.6) is 0 Å². The van der Waals surface area contributed by atoms with E-state index in [-0.39, 0.29) is 11.6 Å². The zero-order chi connectivity index (χ0) is 11.5. The average molecular weight is 213 g/mol. The average Bonchev–Trinajstić information content (AvgIpc) is 2.30. The van der Waals surface area contributed by atoms with Crippen molar-refractivity contribution in [2.45, 2.75) is 13.8 Å². The van der Waals surface area contributed by atoms with Crippen molar-refractivity contribution in [1.29, 1.82) is 0 Å². The van der Waals surface area contributed by atoms with Crippen molar-refractivity contribution < 1.29 is 4.79 Å². The van der Waals surface area contributed by atoms with Gasteiger partial charge in [-0.3, -0.25) is 4.79 Å². The number of aryl methyl sites for hydroxylation is 1. The first-order chi connectivity index (χ1) is 7.68. The van der Waals surface area contributed by atoms with Crippen molar-refractivity contribution in [2.75, 3.05) is 0 Å². The Bertz CT molecular complexity index is 537. The lowest BCUT2D eigenvalue weighted by molar-refractivity contribution is 0.100. The number of hydrogen-bond acceptors (Lipinski definition) is 4. The Balaban J connectivity index is 2.53. The highest BCUT2D eigenvalue weighted by Gasteiger charge is 2.08. The third-order valence-corrected chi connectivity index (χ3v) is 2.29. The van der Waals surface area contributed by atoms with Gasteiger partial charge in [0.25, 0.3) is 0 Å². The lowest BCUT2D eigenvalue weighted by Crippen LogP contribution is -2.04. The topological polar surface area (TPSA) is 55.7 Å². The Kier molecular flexibility index (Phi) is 2.72. The van der Waals surface area contributed by atoms with E-state index in [1.54, 1.807) is 6.20 Å². The molecule has 0 bridgehead atoms. The van der Waals surface area contributed by atoms with Gasteiger partial charge in [-0.2, -0.15) is 5.10 Å². The number of hydrogen-bond donors (Lipinski definition) is 0. The van der Waals surface area contributed by atoms with Crippen LogP contribution in [0, 0.1) is 6.92 Å². The zero-order valence-electron chi connectivity index (χ0n) is 9.14. The monoisotopic (exact) mass is 213 g/mol. The molecular weight excluding hydrogens is 202 g/mol. The second-order valence-corrected chi connectivity index (χ2v) is 3.54. The van der Waals surface area contributed by atoms with Crippen molar-refractivity contribution in [3.63, 3.8) is 0 Å². The molecule has 0 spiro atoms. The Morgan fingerprint density at radius 3 is 2.69 bits per heavy atom. The third kappa shape index (κ3) is 1.95. The number of aromatic nitrogens is 3. The smallest absolute Gasteiger partial charge is 0.218 e. The third-order valence-electron chi connectivity index (χ3n) is 2.29. The molecule has 1 heterocycles. The Labute approximate surface area is 93.4 Å². The standard InChI is InChI=1S/C12H11N3O/c1-8-5-3-4-6-10(8)11-7-13-15-12(14-11)9(2)16/h3-7H,1-2H3. The van der Waals surface area contributed by atoms with Gasteiger partial charge in [0.1, 0.15) is 0 Å². The number of nitrogens with zero attached hydrogens (tertiary/aromatic N) is 3. The highest BCUT2D eigenvalue weighted by atomic mass is 16.1.